The molecule has 0 amide bonds. The molecule has 23 heavy (non-hydrogen) atoms. The maximum absolute atomic E-state index is 12.3. The van der Waals surface area contributed by atoms with E-state index in [-0.39, 0.29) is 11.6 Å². The number of fused-ring (bicyclic) bond motifs is 1. The number of esters is 1. The maximum atomic E-state index is 12.3. The van der Waals surface area contributed by atoms with Crippen LogP contribution in [0.2, 0.25) is 0 Å². The first-order valence-corrected chi connectivity index (χ1v) is 7.43. The van der Waals surface area contributed by atoms with Gasteiger partial charge in [-0.25, -0.2) is 4.79 Å². The second kappa shape index (κ2) is 6.08. The number of hydrogen-bond donors (Lipinski definition) is 0. The summed E-state index contributed by atoms with van der Waals surface area (Å²) in [4.78, 5) is 23.8. The minimum absolute atomic E-state index is 0.302. The summed E-state index contributed by atoms with van der Waals surface area (Å²) >= 11 is 0. The van der Waals surface area contributed by atoms with Gasteiger partial charge in [0.15, 0.2) is 0 Å². The standard InChI is InChI=1S/C19H16O4/c1-3-17(20)22-14-9-10-16-15(11-14)12(2)18(19(21)23-16)13-7-5-4-6-8-13/h4-11H,3H2,1-2H3. The van der Waals surface area contributed by atoms with Gasteiger partial charge in [0.05, 0.1) is 5.56 Å². The molecule has 0 fully saturated rings. The highest BCUT2D eigenvalue weighted by molar-refractivity contribution is 5.88. The summed E-state index contributed by atoms with van der Waals surface area (Å²) in [5.41, 5.74) is 2.23. The van der Waals surface area contributed by atoms with Crippen LogP contribution in [-0.4, -0.2) is 5.97 Å². The van der Waals surface area contributed by atoms with E-state index in [1.807, 2.05) is 37.3 Å². The summed E-state index contributed by atoms with van der Waals surface area (Å²) < 4.78 is 10.7. The number of carbonyl (C=O) groups is 1. The van der Waals surface area contributed by atoms with Gasteiger partial charge in [0, 0.05) is 11.8 Å². The molecule has 0 saturated carbocycles. The number of aryl methyl sites for hydroxylation is 1. The summed E-state index contributed by atoms with van der Waals surface area (Å²) in [6.45, 7) is 3.61. The second-order valence-corrected chi connectivity index (χ2v) is 5.24. The second-order valence-electron chi connectivity index (χ2n) is 5.24. The van der Waals surface area contributed by atoms with Crippen molar-refractivity contribution < 1.29 is 13.9 Å². The zero-order chi connectivity index (χ0) is 16.4. The van der Waals surface area contributed by atoms with Crippen molar-refractivity contribution in [3.8, 4) is 16.9 Å². The van der Waals surface area contributed by atoms with Crippen molar-refractivity contribution >= 4 is 16.9 Å². The van der Waals surface area contributed by atoms with E-state index >= 15 is 0 Å². The zero-order valence-corrected chi connectivity index (χ0v) is 13.0. The van der Waals surface area contributed by atoms with Crippen LogP contribution in [0, 0.1) is 6.92 Å². The van der Waals surface area contributed by atoms with E-state index in [4.69, 9.17) is 9.15 Å². The molecule has 0 aliphatic rings. The van der Waals surface area contributed by atoms with Gasteiger partial charge in [-0.15, -0.1) is 0 Å². The zero-order valence-electron chi connectivity index (χ0n) is 13.0. The molecule has 3 aromatic rings. The Bertz CT molecular complexity index is 923. The highest BCUT2D eigenvalue weighted by Gasteiger charge is 2.14. The van der Waals surface area contributed by atoms with E-state index in [0.29, 0.717) is 23.3 Å². The molecule has 1 aromatic heterocycles. The van der Waals surface area contributed by atoms with Crippen LogP contribution < -0.4 is 10.4 Å². The number of hydrogen-bond acceptors (Lipinski definition) is 4. The van der Waals surface area contributed by atoms with Crippen LogP contribution in [0.4, 0.5) is 0 Å². The first-order chi connectivity index (χ1) is 11.1. The monoisotopic (exact) mass is 308 g/mol. The summed E-state index contributed by atoms with van der Waals surface area (Å²) in [7, 11) is 0. The van der Waals surface area contributed by atoms with Crippen molar-refractivity contribution in [2.75, 3.05) is 0 Å². The molecule has 0 spiro atoms. The molecule has 0 N–H and O–H groups in total. The van der Waals surface area contributed by atoms with Crippen LogP contribution in [0.1, 0.15) is 18.9 Å². The van der Waals surface area contributed by atoms with Gasteiger partial charge in [-0.3, -0.25) is 4.79 Å². The van der Waals surface area contributed by atoms with Crippen molar-refractivity contribution in [2.45, 2.75) is 20.3 Å². The van der Waals surface area contributed by atoms with Gasteiger partial charge in [0.1, 0.15) is 11.3 Å². The molecule has 4 nitrogen and oxygen atoms in total. The fourth-order valence-corrected chi connectivity index (χ4v) is 2.54. The fraction of sp³-hybridized carbons (Fsp3) is 0.158. The highest BCUT2D eigenvalue weighted by Crippen LogP contribution is 2.29. The third-order valence-electron chi connectivity index (χ3n) is 3.72. The maximum Gasteiger partial charge on any atom is 0.344 e. The number of ether oxygens (including phenoxy) is 1. The number of rotatable bonds is 3. The van der Waals surface area contributed by atoms with Crippen LogP contribution in [0.5, 0.6) is 5.75 Å². The van der Waals surface area contributed by atoms with Gasteiger partial charge in [-0.2, -0.15) is 0 Å². The molecule has 0 radical (unpaired) electrons. The van der Waals surface area contributed by atoms with Crippen molar-refractivity contribution in [3.05, 3.63) is 64.5 Å². The minimum atomic E-state index is -0.375. The highest BCUT2D eigenvalue weighted by atomic mass is 16.5. The van der Waals surface area contributed by atoms with Crippen LogP contribution in [-0.2, 0) is 4.79 Å². The van der Waals surface area contributed by atoms with Crippen LogP contribution in [0.3, 0.4) is 0 Å². The van der Waals surface area contributed by atoms with Crippen LogP contribution in [0.25, 0.3) is 22.1 Å². The largest absolute Gasteiger partial charge is 0.427 e. The smallest absolute Gasteiger partial charge is 0.344 e. The summed E-state index contributed by atoms with van der Waals surface area (Å²) in [5, 5.41) is 0.754. The average molecular weight is 308 g/mol. The predicted molar refractivity (Wildman–Crippen MR) is 88.6 cm³/mol. The molecular formula is C19H16O4. The Hall–Kier alpha value is -2.88. The van der Waals surface area contributed by atoms with Crippen LogP contribution in [0.15, 0.2) is 57.7 Å². The van der Waals surface area contributed by atoms with E-state index in [1.165, 1.54) is 0 Å². The SMILES string of the molecule is CCC(=O)Oc1ccc2oc(=O)c(-c3ccccc3)c(C)c2c1. The fourth-order valence-electron chi connectivity index (χ4n) is 2.54. The Morgan fingerprint density at radius 2 is 1.87 bits per heavy atom. The van der Waals surface area contributed by atoms with Gasteiger partial charge in [-0.05, 0) is 36.2 Å². The molecular weight excluding hydrogens is 292 g/mol. The van der Waals surface area contributed by atoms with Gasteiger partial charge >= 0.3 is 11.6 Å². The molecule has 2 aromatic carbocycles. The first-order valence-electron chi connectivity index (χ1n) is 7.43. The van der Waals surface area contributed by atoms with Crippen molar-refractivity contribution in [1.29, 1.82) is 0 Å². The predicted octanol–water partition coefficient (Wildman–Crippen LogP) is 4.08. The Labute approximate surface area is 133 Å². The van der Waals surface area contributed by atoms with E-state index in [9.17, 15) is 9.59 Å². The van der Waals surface area contributed by atoms with E-state index in [1.54, 1.807) is 25.1 Å². The van der Waals surface area contributed by atoms with E-state index in [0.717, 1.165) is 16.5 Å². The third-order valence-corrected chi connectivity index (χ3v) is 3.72. The summed E-state index contributed by atoms with van der Waals surface area (Å²) in [6, 6.07) is 14.4. The normalized spacial score (nSPS) is 10.7. The van der Waals surface area contributed by atoms with E-state index in [2.05, 4.69) is 0 Å². The lowest BCUT2D eigenvalue weighted by Crippen LogP contribution is -2.07. The molecule has 0 aliphatic heterocycles. The summed E-state index contributed by atoms with van der Waals surface area (Å²) in [6.07, 6.45) is 0.302. The molecule has 0 aliphatic carbocycles. The van der Waals surface area contributed by atoms with Crippen molar-refractivity contribution in [1.82, 2.24) is 0 Å². The minimum Gasteiger partial charge on any atom is -0.427 e. The molecule has 116 valence electrons. The first kappa shape index (κ1) is 15.0. The van der Waals surface area contributed by atoms with Crippen LogP contribution >= 0.6 is 0 Å². The molecule has 1 heterocycles. The lowest BCUT2D eigenvalue weighted by Gasteiger charge is -2.09. The van der Waals surface area contributed by atoms with Gasteiger partial charge in [-0.1, -0.05) is 37.3 Å². The van der Waals surface area contributed by atoms with Crippen molar-refractivity contribution in [2.24, 2.45) is 0 Å². The average Bonchev–Trinajstić information content (AvgIpc) is 2.56. The molecule has 0 unspecified atom stereocenters. The number of benzene rings is 2. The molecule has 0 atom stereocenters. The van der Waals surface area contributed by atoms with Crippen molar-refractivity contribution in [3.63, 3.8) is 0 Å². The lowest BCUT2D eigenvalue weighted by molar-refractivity contribution is -0.134. The molecule has 0 saturated heterocycles. The Morgan fingerprint density at radius 1 is 1.13 bits per heavy atom. The van der Waals surface area contributed by atoms with E-state index < -0.39 is 0 Å². The molecule has 3 rings (SSSR count). The Balaban J connectivity index is 2.20. The van der Waals surface area contributed by atoms with Gasteiger partial charge in [0.2, 0.25) is 0 Å². The molecule has 4 heteroatoms. The Kier molecular flexibility index (Phi) is 3.98. The third kappa shape index (κ3) is 2.88. The number of carbonyl (C=O) groups excluding carboxylic acids is 1. The van der Waals surface area contributed by atoms with Gasteiger partial charge in [0.25, 0.3) is 0 Å². The quantitative estimate of drug-likeness (QED) is 0.415. The lowest BCUT2D eigenvalue weighted by atomic mass is 9.99. The van der Waals surface area contributed by atoms with Gasteiger partial charge < -0.3 is 9.15 Å². The summed E-state index contributed by atoms with van der Waals surface area (Å²) in [5.74, 6) is 0.142. The molecule has 0 bridgehead atoms. The topological polar surface area (TPSA) is 56.5 Å². The Morgan fingerprint density at radius 3 is 2.57 bits per heavy atom.